The Labute approximate surface area is 147 Å². The lowest BCUT2D eigenvalue weighted by atomic mass is 9.80. The van der Waals surface area contributed by atoms with Crippen molar-refractivity contribution in [2.75, 3.05) is 0 Å². The van der Waals surface area contributed by atoms with Crippen LogP contribution in [0.3, 0.4) is 0 Å². The SMILES string of the molecule is O=[N+]([O-])c1ccccc1S(=O)(=O)N[C@H]1CCCC[C@@H]1c1ccccc1. The third-order valence-electron chi connectivity index (χ3n) is 4.65. The van der Waals surface area contributed by atoms with Gasteiger partial charge >= 0.3 is 0 Å². The summed E-state index contributed by atoms with van der Waals surface area (Å²) < 4.78 is 28.3. The van der Waals surface area contributed by atoms with E-state index in [0.29, 0.717) is 0 Å². The van der Waals surface area contributed by atoms with Crippen molar-refractivity contribution in [3.63, 3.8) is 0 Å². The largest absolute Gasteiger partial charge is 0.289 e. The normalized spacial score (nSPS) is 21.0. The third kappa shape index (κ3) is 3.88. The first kappa shape index (κ1) is 17.6. The van der Waals surface area contributed by atoms with E-state index in [1.54, 1.807) is 0 Å². The molecule has 0 spiro atoms. The number of para-hydroxylation sites is 1. The number of hydrogen-bond donors (Lipinski definition) is 1. The zero-order valence-electron chi connectivity index (χ0n) is 13.7. The molecule has 3 rings (SSSR count). The summed E-state index contributed by atoms with van der Waals surface area (Å²) in [5.41, 5.74) is 0.694. The fourth-order valence-corrected chi connectivity index (χ4v) is 4.95. The van der Waals surface area contributed by atoms with Gasteiger partial charge in [0, 0.05) is 18.0 Å². The van der Waals surface area contributed by atoms with Gasteiger partial charge in [0.05, 0.1) is 4.92 Å². The molecule has 0 unspecified atom stereocenters. The second-order valence-corrected chi connectivity index (χ2v) is 7.94. The van der Waals surface area contributed by atoms with Crippen molar-refractivity contribution in [2.45, 2.75) is 42.5 Å². The zero-order valence-corrected chi connectivity index (χ0v) is 14.5. The van der Waals surface area contributed by atoms with Gasteiger partial charge in [-0.15, -0.1) is 0 Å². The lowest BCUT2D eigenvalue weighted by Gasteiger charge is -2.32. The molecule has 2 atom stereocenters. The number of nitro benzene ring substituents is 1. The molecule has 2 aromatic rings. The van der Waals surface area contributed by atoms with Crippen molar-refractivity contribution in [3.8, 4) is 0 Å². The van der Waals surface area contributed by atoms with E-state index < -0.39 is 20.6 Å². The van der Waals surface area contributed by atoms with Crippen LogP contribution in [0, 0.1) is 10.1 Å². The Morgan fingerprint density at radius 3 is 2.32 bits per heavy atom. The number of hydrogen-bond acceptors (Lipinski definition) is 4. The first-order valence-electron chi connectivity index (χ1n) is 8.30. The minimum Gasteiger partial charge on any atom is -0.258 e. The van der Waals surface area contributed by atoms with E-state index >= 15 is 0 Å². The molecule has 0 saturated heterocycles. The average Bonchev–Trinajstić information content (AvgIpc) is 2.62. The Kier molecular flexibility index (Phi) is 5.15. The summed E-state index contributed by atoms with van der Waals surface area (Å²) in [4.78, 5) is 10.2. The van der Waals surface area contributed by atoms with Gasteiger partial charge in [-0.2, -0.15) is 0 Å². The number of nitrogens with one attached hydrogen (secondary N) is 1. The van der Waals surface area contributed by atoms with E-state index in [1.807, 2.05) is 30.3 Å². The smallest absolute Gasteiger partial charge is 0.258 e. The van der Waals surface area contributed by atoms with Crippen LogP contribution in [-0.4, -0.2) is 19.4 Å². The predicted octanol–water partition coefficient (Wildman–Crippen LogP) is 3.60. The molecule has 0 aliphatic heterocycles. The monoisotopic (exact) mass is 360 g/mol. The van der Waals surface area contributed by atoms with Gasteiger partial charge < -0.3 is 0 Å². The molecule has 0 bridgehead atoms. The van der Waals surface area contributed by atoms with E-state index in [-0.39, 0.29) is 16.9 Å². The van der Waals surface area contributed by atoms with Crippen LogP contribution in [-0.2, 0) is 10.0 Å². The molecule has 1 aliphatic rings. The van der Waals surface area contributed by atoms with Gasteiger partial charge in [-0.3, -0.25) is 10.1 Å². The van der Waals surface area contributed by atoms with Gasteiger partial charge in [0.1, 0.15) is 0 Å². The second kappa shape index (κ2) is 7.33. The number of rotatable bonds is 5. The van der Waals surface area contributed by atoms with Gasteiger partial charge in [0.2, 0.25) is 10.0 Å². The molecule has 132 valence electrons. The molecule has 1 fully saturated rings. The first-order valence-corrected chi connectivity index (χ1v) is 9.78. The Balaban J connectivity index is 1.90. The highest BCUT2D eigenvalue weighted by atomic mass is 32.2. The van der Waals surface area contributed by atoms with Crippen molar-refractivity contribution in [1.82, 2.24) is 4.72 Å². The van der Waals surface area contributed by atoms with Crippen molar-refractivity contribution in [2.24, 2.45) is 0 Å². The van der Waals surface area contributed by atoms with E-state index in [9.17, 15) is 18.5 Å². The molecule has 0 radical (unpaired) electrons. The van der Waals surface area contributed by atoms with Crippen molar-refractivity contribution in [3.05, 3.63) is 70.3 Å². The van der Waals surface area contributed by atoms with Gasteiger partial charge in [-0.1, -0.05) is 55.3 Å². The van der Waals surface area contributed by atoms with E-state index in [1.165, 1.54) is 24.3 Å². The summed E-state index contributed by atoms with van der Waals surface area (Å²) in [6.07, 6.45) is 3.60. The minimum atomic E-state index is -3.97. The summed E-state index contributed by atoms with van der Waals surface area (Å²) in [6.45, 7) is 0. The Hall–Kier alpha value is -2.25. The summed E-state index contributed by atoms with van der Waals surface area (Å²) in [5.74, 6) is 0.0764. The molecule has 1 N–H and O–H groups in total. The molecule has 1 aliphatic carbocycles. The van der Waals surface area contributed by atoms with Crippen LogP contribution < -0.4 is 4.72 Å². The summed E-state index contributed by atoms with van der Waals surface area (Å²) >= 11 is 0. The van der Waals surface area contributed by atoms with Gasteiger partial charge in [-0.05, 0) is 24.5 Å². The topological polar surface area (TPSA) is 89.3 Å². The van der Waals surface area contributed by atoms with Crippen LogP contribution in [0.2, 0.25) is 0 Å². The molecule has 2 aromatic carbocycles. The van der Waals surface area contributed by atoms with Gasteiger partial charge in [0.25, 0.3) is 5.69 Å². The van der Waals surface area contributed by atoms with Crippen LogP contribution in [0.15, 0.2) is 59.5 Å². The molecule has 1 saturated carbocycles. The fraction of sp³-hybridized carbons (Fsp3) is 0.333. The molecule has 0 aromatic heterocycles. The number of benzene rings is 2. The van der Waals surface area contributed by atoms with Gasteiger partial charge in [0.15, 0.2) is 4.90 Å². The molecule has 25 heavy (non-hydrogen) atoms. The van der Waals surface area contributed by atoms with Crippen molar-refractivity contribution in [1.29, 1.82) is 0 Å². The summed E-state index contributed by atoms with van der Waals surface area (Å²) in [7, 11) is -3.97. The Morgan fingerprint density at radius 2 is 1.60 bits per heavy atom. The average molecular weight is 360 g/mol. The predicted molar refractivity (Wildman–Crippen MR) is 94.9 cm³/mol. The summed E-state index contributed by atoms with van der Waals surface area (Å²) in [5, 5.41) is 11.2. The van der Waals surface area contributed by atoms with Gasteiger partial charge in [-0.25, -0.2) is 13.1 Å². The zero-order chi connectivity index (χ0) is 17.9. The first-order chi connectivity index (χ1) is 12.0. The molecule has 7 heteroatoms. The van der Waals surface area contributed by atoms with Crippen LogP contribution in [0.25, 0.3) is 0 Å². The van der Waals surface area contributed by atoms with Crippen LogP contribution in [0.5, 0.6) is 0 Å². The minimum absolute atomic E-state index is 0.0764. The van der Waals surface area contributed by atoms with Crippen molar-refractivity contribution >= 4 is 15.7 Å². The maximum absolute atomic E-state index is 12.8. The molecular weight excluding hydrogens is 340 g/mol. The number of sulfonamides is 1. The lowest BCUT2D eigenvalue weighted by Crippen LogP contribution is -2.41. The Morgan fingerprint density at radius 1 is 0.960 bits per heavy atom. The molecule has 0 heterocycles. The molecular formula is C18H20N2O4S. The summed E-state index contributed by atoms with van der Waals surface area (Å²) in [6, 6.07) is 15.0. The highest BCUT2D eigenvalue weighted by Gasteiger charge is 2.33. The van der Waals surface area contributed by atoms with E-state index in [2.05, 4.69) is 4.72 Å². The maximum atomic E-state index is 12.8. The lowest BCUT2D eigenvalue weighted by molar-refractivity contribution is -0.387. The second-order valence-electron chi connectivity index (χ2n) is 6.25. The standard InChI is InChI=1S/C18H20N2O4S/c21-20(22)17-12-6-7-13-18(17)25(23,24)19-16-11-5-4-10-15(16)14-8-2-1-3-9-14/h1-3,6-9,12-13,15-16,19H,4-5,10-11H2/t15-,16+/m1/s1. The Bertz CT molecular complexity index is 852. The fourth-order valence-electron chi connectivity index (χ4n) is 3.47. The highest BCUT2D eigenvalue weighted by molar-refractivity contribution is 7.89. The highest BCUT2D eigenvalue weighted by Crippen LogP contribution is 2.34. The van der Waals surface area contributed by atoms with E-state index in [0.717, 1.165) is 31.2 Å². The third-order valence-corrected chi connectivity index (χ3v) is 6.19. The molecule has 0 amide bonds. The quantitative estimate of drug-likeness (QED) is 0.652. The van der Waals surface area contributed by atoms with E-state index in [4.69, 9.17) is 0 Å². The molecule has 6 nitrogen and oxygen atoms in total. The maximum Gasteiger partial charge on any atom is 0.289 e. The number of nitrogens with zero attached hydrogens (tertiary/aromatic N) is 1. The van der Waals surface area contributed by atoms with Crippen LogP contribution in [0.4, 0.5) is 5.69 Å². The van der Waals surface area contributed by atoms with Crippen LogP contribution >= 0.6 is 0 Å². The van der Waals surface area contributed by atoms with Crippen LogP contribution in [0.1, 0.15) is 37.2 Å². The number of nitro groups is 1. The van der Waals surface area contributed by atoms with Crippen molar-refractivity contribution < 1.29 is 13.3 Å².